The third-order valence-corrected chi connectivity index (χ3v) is 4.98. The van der Waals surface area contributed by atoms with Crippen molar-refractivity contribution in [1.29, 1.82) is 0 Å². The molecule has 0 heterocycles. The van der Waals surface area contributed by atoms with E-state index in [-0.39, 0.29) is 0 Å². The van der Waals surface area contributed by atoms with Crippen molar-refractivity contribution in [2.75, 3.05) is 20.1 Å². The molecule has 0 aromatic rings. The fraction of sp³-hybridized carbons (Fsp3) is 0.938. The van der Waals surface area contributed by atoms with E-state index in [1.54, 1.807) is 0 Å². The first-order valence-electron chi connectivity index (χ1n) is 7.77. The van der Waals surface area contributed by atoms with Gasteiger partial charge in [-0.05, 0) is 44.1 Å². The SMILES string of the molecule is CC1CC(=O)C(CN(C)CC2CCCC2)C(C)C1. The van der Waals surface area contributed by atoms with Gasteiger partial charge in [0.05, 0.1) is 0 Å². The Morgan fingerprint density at radius 2 is 1.83 bits per heavy atom. The predicted molar refractivity (Wildman–Crippen MR) is 75.5 cm³/mol. The molecule has 0 N–H and O–H groups in total. The normalized spacial score (nSPS) is 34.4. The first-order chi connectivity index (χ1) is 8.56. The van der Waals surface area contributed by atoms with Crippen molar-refractivity contribution >= 4 is 5.78 Å². The summed E-state index contributed by atoms with van der Waals surface area (Å²) in [4.78, 5) is 14.6. The number of hydrogen-bond acceptors (Lipinski definition) is 2. The summed E-state index contributed by atoms with van der Waals surface area (Å²) in [5.41, 5.74) is 0. The molecule has 2 aliphatic rings. The van der Waals surface area contributed by atoms with Gasteiger partial charge in [-0.15, -0.1) is 0 Å². The number of Topliss-reactive ketones (excluding diaryl/α,β-unsaturated/α-hetero) is 1. The Bertz CT molecular complexity index is 283. The van der Waals surface area contributed by atoms with Gasteiger partial charge in [-0.2, -0.15) is 0 Å². The van der Waals surface area contributed by atoms with Crippen LogP contribution in [0.25, 0.3) is 0 Å². The molecule has 3 unspecified atom stereocenters. The van der Waals surface area contributed by atoms with Gasteiger partial charge in [-0.25, -0.2) is 0 Å². The van der Waals surface area contributed by atoms with E-state index in [1.807, 2.05) is 0 Å². The van der Waals surface area contributed by atoms with Crippen molar-refractivity contribution in [2.45, 2.75) is 52.4 Å². The van der Waals surface area contributed by atoms with Crippen LogP contribution in [0.2, 0.25) is 0 Å². The third kappa shape index (κ3) is 3.57. The second-order valence-electron chi connectivity index (χ2n) is 6.97. The van der Waals surface area contributed by atoms with Crippen molar-refractivity contribution in [3.05, 3.63) is 0 Å². The maximum Gasteiger partial charge on any atom is 0.137 e. The van der Waals surface area contributed by atoms with E-state index in [2.05, 4.69) is 25.8 Å². The lowest BCUT2D eigenvalue weighted by Crippen LogP contribution is -2.40. The van der Waals surface area contributed by atoms with Crippen LogP contribution in [-0.4, -0.2) is 30.8 Å². The number of carbonyl (C=O) groups is 1. The highest BCUT2D eigenvalue weighted by molar-refractivity contribution is 5.82. The molecule has 2 fully saturated rings. The van der Waals surface area contributed by atoms with Crippen LogP contribution in [0.3, 0.4) is 0 Å². The summed E-state index contributed by atoms with van der Waals surface area (Å²) in [6, 6.07) is 0. The highest BCUT2D eigenvalue weighted by Crippen LogP contribution is 2.32. The minimum atomic E-state index is 0.299. The third-order valence-electron chi connectivity index (χ3n) is 4.98. The van der Waals surface area contributed by atoms with Crippen LogP contribution in [0.4, 0.5) is 0 Å². The fourth-order valence-electron chi connectivity index (χ4n) is 4.02. The van der Waals surface area contributed by atoms with Crippen LogP contribution in [0, 0.1) is 23.7 Å². The van der Waals surface area contributed by atoms with Crippen LogP contribution in [-0.2, 0) is 4.79 Å². The topological polar surface area (TPSA) is 20.3 Å². The molecule has 0 spiro atoms. The molecule has 0 aliphatic heterocycles. The molecular formula is C16H29NO. The standard InChI is InChI=1S/C16H29NO/c1-12-8-13(2)15(16(18)9-12)11-17(3)10-14-6-4-5-7-14/h12-15H,4-11H2,1-3H3. The van der Waals surface area contributed by atoms with Crippen LogP contribution in [0.15, 0.2) is 0 Å². The molecule has 0 aromatic heterocycles. The summed E-state index contributed by atoms with van der Waals surface area (Å²) >= 11 is 0. The summed E-state index contributed by atoms with van der Waals surface area (Å²) in [5.74, 6) is 2.88. The monoisotopic (exact) mass is 251 g/mol. The van der Waals surface area contributed by atoms with Crippen LogP contribution >= 0.6 is 0 Å². The molecule has 2 nitrogen and oxygen atoms in total. The van der Waals surface area contributed by atoms with Crippen molar-refractivity contribution in [2.24, 2.45) is 23.7 Å². The second kappa shape index (κ2) is 6.18. The Kier molecular flexibility index (Phi) is 4.83. The van der Waals surface area contributed by atoms with Gasteiger partial charge in [0.2, 0.25) is 0 Å². The molecule has 104 valence electrons. The van der Waals surface area contributed by atoms with Crippen LogP contribution < -0.4 is 0 Å². The largest absolute Gasteiger partial charge is 0.305 e. The van der Waals surface area contributed by atoms with Crippen molar-refractivity contribution in [1.82, 2.24) is 4.90 Å². The molecule has 2 rings (SSSR count). The van der Waals surface area contributed by atoms with E-state index in [1.165, 1.54) is 38.6 Å². The van der Waals surface area contributed by atoms with Crippen molar-refractivity contribution in [3.63, 3.8) is 0 Å². The van der Waals surface area contributed by atoms with Gasteiger partial charge in [0.25, 0.3) is 0 Å². The Hall–Kier alpha value is -0.370. The van der Waals surface area contributed by atoms with E-state index in [0.717, 1.165) is 18.9 Å². The predicted octanol–water partition coefficient (Wildman–Crippen LogP) is 3.36. The zero-order valence-electron chi connectivity index (χ0n) is 12.3. The van der Waals surface area contributed by atoms with Gasteiger partial charge in [0, 0.05) is 25.4 Å². The number of carbonyl (C=O) groups excluding carboxylic acids is 1. The average molecular weight is 251 g/mol. The van der Waals surface area contributed by atoms with Gasteiger partial charge >= 0.3 is 0 Å². The number of nitrogens with zero attached hydrogens (tertiary/aromatic N) is 1. The molecule has 0 bridgehead atoms. The number of ketones is 1. The van der Waals surface area contributed by atoms with Gasteiger partial charge in [-0.3, -0.25) is 4.79 Å². The van der Waals surface area contributed by atoms with Gasteiger partial charge < -0.3 is 4.90 Å². The molecule has 2 heteroatoms. The second-order valence-corrected chi connectivity index (χ2v) is 6.97. The van der Waals surface area contributed by atoms with E-state index in [0.29, 0.717) is 23.5 Å². The molecule has 0 aromatic carbocycles. The smallest absolute Gasteiger partial charge is 0.137 e. The number of hydrogen-bond donors (Lipinski definition) is 0. The van der Waals surface area contributed by atoms with Crippen LogP contribution in [0.1, 0.15) is 52.4 Å². The van der Waals surface area contributed by atoms with Crippen molar-refractivity contribution < 1.29 is 4.79 Å². The van der Waals surface area contributed by atoms with E-state index in [9.17, 15) is 4.79 Å². The summed E-state index contributed by atoms with van der Waals surface area (Å²) in [5, 5.41) is 0. The average Bonchev–Trinajstić information content (AvgIpc) is 2.76. The highest BCUT2D eigenvalue weighted by atomic mass is 16.1. The Morgan fingerprint density at radius 3 is 2.44 bits per heavy atom. The minimum absolute atomic E-state index is 0.299. The lowest BCUT2D eigenvalue weighted by Gasteiger charge is -2.34. The first kappa shape index (κ1) is 14.0. The molecular weight excluding hydrogens is 222 g/mol. The molecule has 2 saturated carbocycles. The zero-order valence-corrected chi connectivity index (χ0v) is 12.3. The Labute approximate surface area is 112 Å². The molecule has 0 saturated heterocycles. The van der Waals surface area contributed by atoms with E-state index in [4.69, 9.17) is 0 Å². The van der Waals surface area contributed by atoms with Gasteiger partial charge in [0.15, 0.2) is 0 Å². The molecule has 3 atom stereocenters. The van der Waals surface area contributed by atoms with Crippen LogP contribution in [0.5, 0.6) is 0 Å². The molecule has 0 amide bonds. The Balaban J connectivity index is 1.81. The molecule has 0 radical (unpaired) electrons. The lowest BCUT2D eigenvalue weighted by molar-refractivity contribution is -0.128. The maximum atomic E-state index is 12.2. The van der Waals surface area contributed by atoms with Crippen molar-refractivity contribution in [3.8, 4) is 0 Å². The van der Waals surface area contributed by atoms with E-state index < -0.39 is 0 Å². The fourth-order valence-corrected chi connectivity index (χ4v) is 4.02. The first-order valence-corrected chi connectivity index (χ1v) is 7.77. The van der Waals surface area contributed by atoms with Gasteiger partial charge in [0.1, 0.15) is 5.78 Å². The highest BCUT2D eigenvalue weighted by Gasteiger charge is 2.33. The zero-order chi connectivity index (χ0) is 13.1. The maximum absolute atomic E-state index is 12.2. The van der Waals surface area contributed by atoms with Gasteiger partial charge in [-0.1, -0.05) is 26.7 Å². The number of rotatable bonds is 4. The van der Waals surface area contributed by atoms with E-state index >= 15 is 0 Å². The summed E-state index contributed by atoms with van der Waals surface area (Å²) in [6.45, 7) is 6.67. The summed E-state index contributed by atoms with van der Waals surface area (Å²) < 4.78 is 0. The minimum Gasteiger partial charge on any atom is -0.305 e. The molecule has 2 aliphatic carbocycles. The lowest BCUT2D eigenvalue weighted by atomic mass is 9.74. The Morgan fingerprint density at radius 1 is 1.17 bits per heavy atom. The quantitative estimate of drug-likeness (QED) is 0.763. The summed E-state index contributed by atoms with van der Waals surface area (Å²) in [6.07, 6.45) is 7.66. The molecule has 18 heavy (non-hydrogen) atoms. The summed E-state index contributed by atoms with van der Waals surface area (Å²) in [7, 11) is 2.20.